The molecule has 1 saturated heterocycles. The standard InChI is InChI=1S/C17H19ClN2O2S/c18-14-6-4-10-17(12-14)23(21,22)19-13-16-9-5-11-20(16)15-7-2-1-3-8-15/h1-4,6-8,10,12,16,19H,5,9,11,13H2. The molecule has 0 aliphatic carbocycles. The van der Waals surface area contributed by atoms with E-state index in [1.807, 2.05) is 18.2 Å². The van der Waals surface area contributed by atoms with Crippen molar-refractivity contribution in [3.8, 4) is 0 Å². The fourth-order valence-electron chi connectivity index (χ4n) is 2.93. The first kappa shape index (κ1) is 16.3. The highest BCUT2D eigenvalue weighted by molar-refractivity contribution is 7.89. The zero-order valence-corrected chi connectivity index (χ0v) is 14.2. The molecule has 122 valence electrons. The highest BCUT2D eigenvalue weighted by Gasteiger charge is 2.26. The van der Waals surface area contributed by atoms with Crippen LogP contribution in [0.2, 0.25) is 5.02 Å². The molecule has 1 aliphatic heterocycles. The number of para-hydroxylation sites is 1. The second-order valence-electron chi connectivity index (χ2n) is 5.63. The first-order chi connectivity index (χ1) is 11.1. The summed E-state index contributed by atoms with van der Waals surface area (Å²) in [6.07, 6.45) is 2.05. The molecule has 1 aliphatic rings. The second-order valence-corrected chi connectivity index (χ2v) is 7.84. The molecule has 0 spiro atoms. The Hall–Kier alpha value is -1.56. The number of hydrogen-bond acceptors (Lipinski definition) is 3. The number of rotatable bonds is 5. The van der Waals surface area contributed by atoms with Gasteiger partial charge in [-0.1, -0.05) is 35.9 Å². The molecule has 23 heavy (non-hydrogen) atoms. The number of hydrogen-bond donors (Lipinski definition) is 1. The first-order valence-electron chi connectivity index (χ1n) is 7.63. The van der Waals surface area contributed by atoms with Crippen LogP contribution >= 0.6 is 11.6 Å². The van der Waals surface area contributed by atoms with Gasteiger partial charge in [-0.2, -0.15) is 0 Å². The van der Waals surface area contributed by atoms with Gasteiger partial charge in [0.2, 0.25) is 10.0 Å². The van der Waals surface area contributed by atoms with E-state index in [0.29, 0.717) is 11.6 Å². The Morgan fingerprint density at radius 2 is 1.91 bits per heavy atom. The molecule has 0 saturated carbocycles. The van der Waals surface area contributed by atoms with Gasteiger partial charge in [-0.25, -0.2) is 13.1 Å². The SMILES string of the molecule is O=S(=O)(NCC1CCCN1c1ccccc1)c1cccc(Cl)c1. The van der Waals surface area contributed by atoms with Gasteiger partial charge in [0, 0.05) is 29.8 Å². The molecule has 2 aromatic carbocycles. The monoisotopic (exact) mass is 350 g/mol. The Bertz CT molecular complexity index is 765. The van der Waals surface area contributed by atoms with Gasteiger partial charge in [0.15, 0.2) is 0 Å². The van der Waals surface area contributed by atoms with Crippen LogP contribution < -0.4 is 9.62 Å². The van der Waals surface area contributed by atoms with Crippen LogP contribution in [0, 0.1) is 0 Å². The van der Waals surface area contributed by atoms with Gasteiger partial charge in [0.05, 0.1) is 4.90 Å². The number of halogens is 1. The van der Waals surface area contributed by atoms with Gasteiger partial charge < -0.3 is 4.90 Å². The smallest absolute Gasteiger partial charge is 0.240 e. The highest BCUT2D eigenvalue weighted by Crippen LogP contribution is 2.25. The Labute approximate surface area is 142 Å². The van der Waals surface area contributed by atoms with Crippen molar-refractivity contribution < 1.29 is 8.42 Å². The lowest BCUT2D eigenvalue weighted by molar-refractivity contribution is 0.567. The van der Waals surface area contributed by atoms with Crippen LogP contribution in [-0.2, 0) is 10.0 Å². The molecule has 0 amide bonds. The Kier molecular flexibility index (Phi) is 4.90. The van der Waals surface area contributed by atoms with Crippen LogP contribution in [0.3, 0.4) is 0 Å². The summed E-state index contributed by atoms with van der Waals surface area (Å²) in [7, 11) is -3.54. The summed E-state index contributed by atoms with van der Waals surface area (Å²) in [6, 6.07) is 16.6. The summed E-state index contributed by atoms with van der Waals surface area (Å²) < 4.78 is 27.5. The maximum absolute atomic E-state index is 12.4. The maximum atomic E-state index is 12.4. The quantitative estimate of drug-likeness (QED) is 0.900. The van der Waals surface area contributed by atoms with Crippen LogP contribution in [0.25, 0.3) is 0 Å². The summed E-state index contributed by atoms with van der Waals surface area (Å²) in [4.78, 5) is 2.47. The maximum Gasteiger partial charge on any atom is 0.240 e. The predicted octanol–water partition coefficient (Wildman–Crippen LogP) is 3.29. The van der Waals surface area contributed by atoms with Crippen LogP contribution in [-0.4, -0.2) is 27.5 Å². The third-order valence-corrected chi connectivity index (χ3v) is 5.74. The minimum atomic E-state index is -3.54. The number of nitrogens with one attached hydrogen (secondary N) is 1. The van der Waals surface area contributed by atoms with Crippen molar-refractivity contribution in [2.45, 2.75) is 23.8 Å². The van der Waals surface area contributed by atoms with E-state index >= 15 is 0 Å². The minimum absolute atomic E-state index is 0.173. The van der Waals surface area contributed by atoms with Crippen LogP contribution in [0.1, 0.15) is 12.8 Å². The topological polar surface area (TPSA) is 49.4 Å². The molecule has 6 heteroatoms. The molecule has 1 N–H and O–H groups in total. The largest absolute Gasteiger partial charge is 0.367 e. The van der Waals surface area contributed by atoms with Crippen molar-refractivity contribution in [3.05, 3.63) is 59.6 Å². The van der Waals surface area contributed by atoms with E-state index in [1.54, 1.807) is 18.2 Å². The molecule has 1 fully saturated rings. The number of sulfonamides is 1. The van der Waals surface area contributed by atoms with Crippen LogP contribution in [0.15, 0.2) is 59.5 Å². The number of nitrogens with zero attached hydrogens (tertiary/aromatic N) is 1. The van der Waals surface area contributed by atoms with E-state index in [2.05, 4.69) is 21.8 Å². The summed E-state index contributed by atoms with van der Waals surface area (Å²) in [6.45, 7) is 1.34. The molecule has 4 nitrogen and oxygen atoms in total. The number of anilines is 1. The van der Waals surface area contributed by atoms with Gasteiger partial charge in [0.25, 0.3) is 0 Å². The third kappa shape index (κ3) is 3.86. The summed E-state index contributed by atoms with van der Waals surface area (Å²) >= 11 is 5.88. The van der Waals surface area contributed by atoms with Crippen molar-refractivity contribution in [3.63, 3.8) is 0 Å². The summed E-state index contributed by atoms with van der Waals surface area (Å²) in [5.41, 5.74) is 1.14. The molecule has 0 bridgehead atoms. The molecule has 2 aromatic rings. The third-order valence-electron chi connectivity index (χ3n) is 4.08. The van der Waals surface area contributed by atoms with Gasteiger partial charge in [0.1, 0.15) is 0 Å². The highest BCUT2D eigenvalue weighted by atomic mass is 35.5. The van der Waals surface area contributed by atoms with Crippen molar-refractivity contribution in [2.24, 2.45) is 0 Å². The Morgan fingerprint density at radius 3 is 2.65 bits per heavy atom. The van der Waals surface area contributed by atoms with Crippen molar-refractivity contribution in [1.29, 1.82) is 0 Å². The van der Waals surface area contributed by atoms with Crippen molar-refractivity contribution >= 4 is 27.3 Å². The van der Waals surface area contributed by atoms with Crippen molar-refractivity contribution in [2.75, 3.05) is 18.0 Å². The second kappa shape index (κ2) is 6.91. The first-order valence-corrected chi connectivity index (χ1v) is 9.49. The average molecular weight is 351 g/mol. The van der Waals surface area contributed by atoms with E-state index in [1.165, 1.54) is 6.07 Å². The fraction of sp³-hybridized carbons (Fsp3) is 0.294. The molecule has 0 radical (unpaired) electrons. The van der Waals surface area contributed by atoms with Crippen molar-refractivity contribution in [1.82, 2.24) is 4.72 Å². The lowest BCUT2D eigenvalue weighted by atomic mass is 10.2. The molecular weight excluding hydrogens is 332 g/mol. The van der Waals surface area contributed by atoms with Crippen LogP contribution in [0.4, 0.5) is 5.69 Å². The molecule has 0 aromatic heterocycles. The van der Waals surface area contributed by atoms with Gasteiger partial charge in [-0.15, -0.1) is 0 Å². The predicted molar refractivity (Wildman–Crippen MR) is 93.5 cm³/mol. The Balaban J connectivity index is 1.70. The molecule has 3 rings (SSSR count). The number of benzene rings is 2. The van der Waals surface area contributed by atoms with E-state index in [-0.39, 0.29) is 10.9 Å². The lowest BCUT2D eigenvalue weighted by Gasteiger charge is -2.27. The van der Waals surface area contributed by atoms with Gasteiger partial charge in [-0.05, 0) is 43.2 Å². The zero-order chi connectivity index (χ0) is 16.3. The minimum Gasteiger partial charge on any atom is -0.367 e. The molecule has 1 heterocycles. The normalized spacial score (nSPS) is 18.3. The molecule has 1 unspecified atom stereocenters. The zero-order valence-electron chi connectivity index (χ0n) is 12.7. The average Bonchev–Trinajstić information content (AvgIpc) is 3.02. The Morgan fingerprint density at radius 1 is 1.13 bits per heavy atom. The lowest BCUT2D eigenvalue weighted by Crippen LogP contribution is -2.40. The summed E-state index contributed by atoms with van der Waals surface area (Å²) in [5.74, 6) is 0. The van der Waals surface area contributed by atoms with E-state index < -0.39 is 10.0 Å². The van der Waals surface area contributed by atoms with E-state index in [4.69, 9.17) is 11.6 Å². The molecular formula is C17H19ClN2O2S. The summed E-state index contributed by atoms with van der Waals surface area (Å²) in [5, 5.41) is 0.416. The van der Waals surface area contributed by atoms with Gasteiger partial charge in [-0.3, -0.25) is 0 Å². The van der Waals surface area contributed by atoms with E-state index in [9.17, 15) is 8.42 Å². The van der Waals surface area contributed by atoms with Gasteiger partial charge >= 0.3 is 0 Å². The van der Waals surface area contributed by atoms with E-state index in [0.717, 1.165) is 25.1 Å². The van der Waals surface area contributed by atoms with Crippen LogP contribution in [0.5, 0.6) is 0 Å². The fourth-order valence-corrected chi connectivity index (χ4v) is 4.30. The molecule has 1 atom stereocenters.